The summed E-state index contributed by atoms with van der Waals surface area (Å²) in [6.45, 7) is 0. The SMILES string of the molecule is O=C(NC(c1cccs1)C1CC1)c1ccnc(C(=O)O)c1. The molecule has 2 N–H and O–H groups in total. The molecule has 1 amide bonds. The average Bonchev–Trinajstić information content (AvgIpc) is 3.18. The second-order valence-corrected chi connectivity index (χ2v) is 6.02. The number of nitrogens with zero attached hydrogens (tertiary/aromatic N) is 1. The number of rotatable bonds is 5. The maximum atomic E-state index is 12.3. The number of carbonyl (C=O) groups is 2. The van der Waals surface area contributed by atoms with Crippen molar-refractivity contribution in [2.24, 2.45) is 5.92 Å². The molecule has 2 heterocycles. The van der Waals surface area contributed by atoms with Gasteiger partial charge in [0.05, 0.1) is 6.04 Å². The van der Waals surface area contributed by atoms with Crippen LogP contribution in [0.5, 0.6) is 0 Å². The van der Waals surface area contributed by atoms with E-state index in [2.05, 4.69) is 10.3 Å². The van der Waals surface area contributed by atoms with Crippen molar-refractivity contribution < 1.29 is 14.7 Å². The topological polar surface area (TPSA) is 79.3 Å². The molecule has 21 heavy (non-hydrogen) atoms. The van der Waals surface area contributed by atoms with Crippen molar-refractivity contribution in [3.63, 3.8) is 0 Å². The highest BCUT2D eigenvalue weighted by molar-refractivity contribution is 7.10. The van der Waals surface area contributed by atoms with E-state index in [4.69, 9.17) is 5.11 Å². The lowest BCUT2D eigenvalue weighted by Crippen LogP contribution is -2.29. The van der Waals surface area contributed by atoms with E-state index in [1.807, 2.05) is 17.5 Å². The van der Waals surface area contributed by atoms with Crippen LogP contribution in [0.4, 0.5) is 0 Å². The van der Waals surface area contributed by atoms with E-state index in [1.54, 1.807) is 11.3 Å². The van der Waals surface area contributed by atoms with Gasteiger partial charge in [0.1, 0.15) is 5.69 Å². The van der Waals surface area contributed by atoms with E-state index in [0.29, 0.717) is 11.5 Å². The number of carboxylic acid groups (broad SMARTS) is 1. The van der Waals surface area contributed by atoms with Gasteiger partial charge in [-0.25, -0.2) is 9.78 Å². The molecule has 1 aliphatic rings. The number of aromatic nitrogens is 1. The predicted octanol–water partition coefficient (Wildman–Crippen LogP) is 2.72. The first-order valence-corrected chi connectivity index (χ1v) is 7.57. The molecule has 1 unspecified atom stereocenters. The Bertz CT molecular complexity index is 665. The number of aromatic carboxylic acids is 1. The highest BCUT2D eigenvalue weighted by atomic mass is 32.1. The number of hydrogen-bond donors (Lipinski definition) is 2. The van der Waals surface area contributed by atoms with Crippen molar-refractivity contribution >= 4 is 23.2 Å². The lowest BCUT2D eigenvalue weighted by Gasteiger charge is -2.17. The van der Waals surface area contributed by atoms with Crippen molar-refractivity contribution in [1.29, 1.82) is 0 Å². The molecule has 0 saturated heterocycles. The van der Waals surface area contributed by atoms with Crippen LogP contribution in [0.1, 0.15) is 44.6 Å². The minimum atomic E-state index is -1.14. The van der Waals surface area contributed by atoms with Crippen LogP contribution in [0, 0.1) is 5.92 Å². The number of amides is 1. The Hall–Kier alpha value is -2.21. The van der Waals surface area contributed by atoms with E-state index < -0.39 is 5.97 Å². The molecular formula is C15H14N2O3S. The molecule has 0 bridgehead atoms. The maximum absolute atomic E-state index is 12.3. The van der Waals surface area contributed by atoms with Gasteiger partial charge in [-0.1, -0.05) is 6.07 Å². The molecule has 5 nitrogen and oxygen atoms in total. The number of carbonyl (C=O) groups excluding carboxylic acids is 1. The third kappa shape index (κ3) is 3.11. The summed E-state index contributed by atoms with van der Waals surface area (Å²) in [5.74, 6) is -0.916. The van der Waals surface area contributed by atoms with Crippen molar-refractivity contribution in [2.45, 2.75) is 18.9 Å². The molecular weight excluding hydrogens is 288 g/mol. The zero-order valence-electron chi connectivity index (χ0n) is 11.2. The third-order valence-electron chi connectivity index (χ3n) is 3.47. The first-order chi connectivity index (χ1) is 10.1. The van der Waals surface area contributed by atoms with Crippen molar-refractivity contribution in [2.75, 3.05) is 0 Å². The van der Waals surface area contributed by atoms with Gasteiger partial charge in [0, 0.05) is 16.6 Å². The molecule has 3 rings (SSSR count). The second-order valence-electron chi connectivity index (χ2n) is 5.04. The van der Waals surface area contributed by atoms with E-state index in [-0.39, 0.29) is 17.6 Å². The highest BCUT2D eigenvalue weighted by Gasteiger charge is 2.34. The van der Waals surface area contributed by atoms with Gasteiger partial charge in [0.25, 0.3) is 5.91 Å². The van der Waals surface area contributed by atoms with Gasteiger partial charge < -0.3 is 10.4 Å². The van der Waals surface area contributed by atoms with Gasteiger partial charge in [0.15, 0.2) is 0 Å². The van der Waals surface area contributed by atoms with Crippen LogP contribution < -0.4 is 5.32 Å². The highest BCUT2D eigenvalue weighted by Crippen LogP contribution is 2.42. The zero-order chi connectivity index (χ0) is 14.8. The van der Waals surface area contributed by atoms with Crippen LogP contribution in [0.15, 0.2) is 35.8 Å². The number of pyridine rings is 1. The Labute approximate surface area is 125 Å². The standard InChI is InChI=1S/C15H14N2O3S/c18-14(10-5-6-16-11(8-10)15(19)20)17-13(9-3-4-9)12-2-1-7-21-12/h1-2,5-9,13H,3-4H2,(H,17,18)(H,19,20). The largest absolute Gasteiger partial charge is 0.477 e. The van der Waals surface area contributed by atoms with E-state index in [9.17, 15) is 9.59 Å². The summed E-state index contributed by atoms with van der Waals surface area (Å²) in [5, 5.41) is 13.9. The van der Waals surface area contributed by atoms with Crippen molar-refractivity contribution in [3.8, 4) is 0 Å². The molecule has 1 aliphatic carbocycles. The molecule has 108 valence electrons. The average molecular weight is 302 g/mol. The molecule has 1 atom stereocenters. The van der Waals surface area contributed by atoms with Crippen LogP contribution in [0.2, 0.25) is 0 Å². The van der Waals surface area contributed by atoms with Crippen LogP contribution in [-0.4, -0.2) is 22.0 Å². The number of carboxylic acids is 1. The lowest BCUT2D eigenvalue weighted by molar-refractivity contribution is 0.0690. The zero-order valence-corrected chi connectivity index (χ0v) is 12.0. The van der Waals surface area contributed by atoms with Gasteiger partial charge in [-0.05, 0) is 42.3 Å². The van der Waals surface area contributed by atoms with E-state index in [0.717, 1.165) is 17.7 Å². The minimum Gasteiger partial charge on any atom is -0.477 e. The Kier molecular flexibility index (Phi) is 3.70. The Morgan fingerprint density at radius 3 is 2.81 bits per heavy atom. The summed E-state index contributed by atoms with van der Waals surface area (Å²) in [6.07, 6.45) is 3.56. The molecule has 6 heteroatoms. The van der Waals surface area contributed by atoms with Crippen molar-refractivity contribution in [3.05, 3.63) is 52.0 Å². The summed E-state index contributed by atoms with van der Waals surface area (Å²) in [6, 6.07) is 6.83. The van der Waals surface area contributed by atoms with Crippen LogP contribution in [0.3, 0.4) is 0 Å². The molecule has 1 fully saturated rings. The van der Waals surface area contributed by atoms with E-state index >= 15 is 0 Å². The van der Waals surface area contributed by atoms with Gasteiger partial charge in [-0.3, -0.25) is 4.79 Å². The van der Waals surface area contributed by atoms with Gasteiger partial charge >= 0.3 is 5.97 Å². The lowest BCUT2D eigenvalue weighted by atomic mass is 10.1. The third-order valence-corrected chi connectivity index (χ3v) is 4.43. The number of nitrogens with one attached hydrogen (secondary N) is 1. The summed E-state index contributed by atoms with van der Waals surface area (Å²) in [4.78, 5) is 28.1. The van der Waals surface area contributed by atoms with Gasteiger partial charge in [0.2, 0.25) is 0 Å². The summed E-state index contributed by atoms with van der Waals surface area (Å²) in [7, 11) is 0. The predicted molar refractivity (Wildman–Crippen MR) is 78.4 cm³/mol. The Morgan fingerprint density at radius 2 is 2.19 bits per heavy atom. The molecule has 1 saturated carbocycles. The molecule has 0 aliphatic heterocycles. The fourth-order valence-corrected chi connectivity index (χ4v) is 3.10. The van der Waals surface area contributed by atoms with Gasteiger partial charge in [-0.15, -0.1) is 11.3 Å². The van der Waals surface area contributed by atoms with Crippen molar-refractivity contribution in [1.82, 2.24) is 10.3 Å². The fraction of sp³-hybridized carbons (Fsp3) is 0.267. The first kappa shape index (κ1) is 13.8. The normalized spacial score (nSPS) is 15.4. The number of hydrogen-bond acceptors (Lipinski definition) is 4. The van der Waals surface area contributed by atoms with Crippen LogP contribution >= 0.6 is 11.3 Å². The molecule has 0 radical (unpaired) electrons. The van der Waals surface area contributed by atoms with Crippen LogP contribution in [0.25, 0.3) is 0 Å². The second kappa shape index (κ2) is 5.65. The quantitative estimate of drug-likeness (QED) is 0.890. The Balaban J connectivity index is 1.78. The minimum absolute atomic E-state index is 0.0129. The summed E-state index contributed by atoms with van der Waals surface area (Å²) in [5.41, 5.74) is 0.200. The first-order valence-electron chi connectivity index (χ1n) is 6.69. The fourth-order valence-electron chi connectivity index (χ4n) is 2.23. The molecule has 2 aromatic rings. The Morgan fingerprint density at radius 1 is 1.38 bits per heavy atom. The van der Waals surface area contributed by atoms with Crippen LogP contribution in [-0.2, 0) is 0 Å². The molecule has 0 aromatic carbocycles. The monoisotopic (exact) mass is 302 g/mol. The van der Waals surface area contributed by atoms with E-state index in [1.165, 1.54) is 18.3 Å². The molecule has 2 aromatic heterocycles. The number of thiophene rings is 1. The smallest absolute Gasteiger partial charge is 0.354 e. The van der Waals surface area contributed by atoms with Gasteiger partial charge in [-0.2, -0.15) is 0 Å². The summed E-state index contributed by atoms with van der Waals surface area (Å²) >= 11 is 1.62. The molecule has 0 spiro atoms. The maximum Gasteiger partial charge on any atom is 0.354 e. The summed E-state index contributed by atoms with van der Waals surface area (Å²) < 4.78 is 0.